The second-order valence-electron chi connectivity index (χ2n) is 4.73. The van der Waals surface area contributed by atoms with Crippen molar-refractivity contribution in [2.45, 2.75) is 17.4 Å². The molecule has 7 heteroatoms. The smallest absolute Gasteiger partial charge is 0.326 e. The Hall–Kier alpha value is -2.54. The van der Waals surface area contributed by atoms with Crippen molar-refractivity contribution in [1.82, 2.24) is 10.3 Å². The van der Waals surface area contributed by atoms with E-state index in [-0.39, 0.29) is 17.9 Å². The third kappa shape index (κ3) is 5.00. The Morgan fingerprint density at radius 3 is 2.43 bits per heavy atom. The molecule has 0 saturated heterocycles. The molecule has 1 aromatic heterocycles. The molecule has 23 heavy (non-hydrogen) atoms. The molecule has 2 atom stereocenters. The molecule has 0 spiro atoms. The number of rotatable bonds is 7. The first-order chi connectivity index (χ1) is 11.1. The number of carboxylic acid groups (broad SMARTS) is 1. The lowest BCUT2D eigenvalue weighted by molar-refractivity contribution is -0.139. The Balaban J connectivity index is 1.96. The lowest BCUT2D eigenvalue weighted by Gasteiger charge is -2.14. The first-order valence-corrected chi connectivity index (χ1v) is 8.28. The Labute approximate surface area is 136 Å². The van der Waals surface area contributed by atoms with Crippen LogP contribution >= 0.6 is 0 Å². The van der Waals surface area contributed by atoms with E-state index in [0.717, 1.165) is 0 Å². The average molecular weight is 332 g/mol. The number of nitrogens with one attached hydrogen (secondary N) is 1. The Morgan fingerprint density at radius 2 is 1.83 bits per heavy atom. The second kappa shape index (κ2) is 8.19. The van der Waals surface area contributed by atoms with Crippen LogP contribution in [-0.4, -0.2) is 38.0 Å². The number of amides is 1. The van der Waals surface area contributed by atoms with Crippen LogP contribution in [0, 0.1) is 0 Å². The van der Waals surface area contributed by atoms with Gasteiger partial charge in [-0.15, -0.1) is 0 Å². The molecule has 0 radical (unpaired) electrons. The van der Waals surface area contributed by atoms with Gasteiger partial charge in [-0.05, 0) is 30.7 Å². The maximum absolute atomic E-state index is 12.1. The van der Waals surface area contributed by atoms with Crippen molar-refractivity contribution in [2.75, 3.05) is 5.75 Å². The van der Waals surface area contributed by atoms with Crippen molar-refractivity contribution in [1.29, 1.82) is 0 Å². The lowest BCUT2D eigenvalue weighted by Crippen LogP contribution is -2.41. The summed E-state index contributed by atoms with van der Waals surface area (Å²) >= 11 is 0. The second-order valence-corrected chi connectivity index (χ2v) is 6.30. The molecule has 0 aliphatic heterocycles. The summed E-state index contributed by atoms with van der Waals surface area (Å²) < 4.78 is 12.1. The fourth-order valence-corrected chi connectivity index (χ4v) is 3.05. The number of carbonyl (C=O) groups is 2. The first kappa shape index (κ1) is 16.8. The lowest BCUT2D eigenvalue weighted by atomic mass is 10.2. The zero-order valence-electron chi connectivity index (χ0n) is 12.2. The van der Waals surface area contributed by atoms with Gasteiger partial charge >= 0.3 is 5.97 Å². The van der Waals surface area contributed by atoms with E-state index in [0.29, 0.717) is 4.90 Å². The maximum Gasteiger partial charge on any atom is 0.326 e. The number of hydrogen-bond donors (Lipinski definition) is 2. The van der Waals surface area contributed by atoms with Gasteiger partial charge < -0.3 is 10.4 Å². The highest BCUT2D eigenvalue weighted by molar-refractivity contribution is 7.85. The van der Waals surface area contributed by atoms with Crippen molar-refractivity contribution < 1.29 is 18.9 Å². The van der Waals surface area contributed by atoms with Gasteiger partial charge in [0.25, 0.3) is 5.91 Å². The topological polar surface area (TPSA) is 96.4 Å². The summed E-state index contributed by atoms with van der Waals surface area (Å²) in [6.45, 7) is 0. The van der Waals surface area contributed by atoms with Crippen molar-refractivity contribution >= 4 is 22.7 Å². The molecule has 0 saturated carbocycles. The highest BCUT2D eigenvalue weighted by Gasteiger charge is 2.22. The number of benzene rings is 1. The molecule has 0 bridgehead atoms. The van der Waals surface area contributed by atoms with E-state index in [1.165, 1.54) is 12.3 Å². The van der Waals surface area contributed by atoms with Gasteiger partial charge in [0.2, 0.25) is 0 Å². The van der Waals surface area contributed by atoms with Crippen molar-refractivity contribution in [3.63, 3.8) is 0 Å². The first-order valence-electron chi connectivity index (χ1n) is 6.96. The molecule has 0 fully saturated rings. The summed E-state index contributed by atoms with van der Waals surface area (Å²) in [7, 11) is -1.31. The van der Waals surface area contributed by atoms with Crippen LogP contribution in [0.2, 0.25) is 0 Å². The van der Waals surface area contributed by atoms with Gasteiger partial charge in [0.15, 0.2) is 0 Å². The van der Waals surface area contributed by atoms with Crippen LogP contribution in [0.5, 0.6) is 0 Å². The zero-order valence-corrected chi connectivity index (χ0v) is 13.0. The molecular weight excluding hydrogens is 316 g/mol. The van der Waals surface area contributed by atoms with E-state index in [1.54, 1.807) is 36.4 Å². The molecule has 6 nitrogen and oxygen atoms in total. The maximum atomic E-state index is 12.1. The van der Waals surface area contributed by atoms with Crippen LogP contribution in [0.3, 0.4) is 0 Å². The number of hydrogen-bond acceptors (Lipinski definition) is 4. The van der Waals surface area contributed by atoms with Crippen LogP contribution in [0.25, 0.3) is 0 Å². The van der Waals surface area contributed by atoms with Gasteiger partial charge in [0, 0.05) is 16.8 Å². The number of pyridine rings is 1. The number of carboxylic acids is 1. The SMILES string of the molecule is O=C(N[C@@H](CC[S@@](=O)c1ccccc1)C(=O)O)c1ccccn1. The van der Waals surface area contributed by atoms with E-state index in [1.807, 2.05) is 6.07 Å². The minimum atomic E-state index is -1.31. The molecule has 1 aromatic carbocycles. The third-order valence-electron chi connectivity index (χ3n) is 3.10. The van der Waals surface area contributed by atoms with Crippen LogP contribution < -0.4 is 5.32 Å². The Kier molecular flexibility index (Phi) is 5.99. The number of carbonyl (C=O) groups excluding carboxylic acids is 1. The quantitative estimate of drug-likeness (QED) is 0.800. The summed E-state index contributed by atoms with van der Waals surface area (Å²) in [4.78, 5) is 27.7. The van der Waals surface area contributed by atoms with Gasteiger partial charge in [-0.25, -0.2) is 4.79 Å². The molecule has 1 heterocycles. The van der Waals surface area contributed by atoms with E-state index >= 15 is 0 Å². The molecule has 2 N–H and O–H groups in total. The van der Waals surface area contributed by atoms with Crippen LogP contribution in [0.1, 0.15) is 16.9 Å². The summed E-state index contributed by atoms with van der Waals surface area (Å²) in [5, 5.41) is 11.6. The Bertz CT molecular complexity index is 692. The minimum absolute atomic E-state index is 0.0649. The molecule has 2 aromatic rings. The molecule has 120 valence electrons. The van der Waals surface area contributed by atoms with Crippen LogP contribution in [-0.2, 0) is 15.6 Å². The standard InChI is InChI=1S/C16H16N2O4S/c19-15(13-8-4-5-10-17-13)18-14(16(20)21)9-11-23(22)12-6-2-1-3-7-12/h1-8,10,14H,9,11H2,(H,18,19)(H,20,21)/t14-,23+/m0/s1. The fraction of sp³-hybridized carbons (Fsp3) is 0.188. The van der Waals surface area contributed by atoms with Crippen LogP contribution in [0.4, 0.5) is 0 Å². The predicted molar refractivity (Wildman–Crippen MR) is 85.5 cm³/mol. The molecule has 1 amide bonds. The number of aromatic nitrogens is 1. The Morgan fingerprint density at radius 1 is 1.13 bits per heavy atom. The van der Waals surface area contributed by atoms with Crippen molar-refractivity contribution in [2.24, 2.45) is 0 Å². The highest BCUT2D eigenvalue weighted by Crippen LogP contribution is 2.08. The fourth-order valence-electron chi connectivity index (χ4n) is 1.90. The third-order valence-corrected chi connectivity index (χ3v) is 4.50. The van der Waals surface area contributed by atoms with Crippen LogP contribution in [0.15, 0.2) is 59.6 Å². The van der Waals surface area contributed by atoms with Gasteiger partial charge in [0.05, 0.1) is 10.8 Å². The zero-order chi connectivity index (χ0) is 16.7. The van der Waals surface area contributed by atoms with E-state index < -0.39 is 28.7 Å². The van der Waals surface area contributed by atoms with Gasteiger partial charge in [-0.3, -0.25) is 14.0 Å². The summed E-state index contributed by atoms with van der Waals surface area (Å²) in [6.07, 6.45) is 1.52. The van der Waals surface area contributed by atoms with E-state index in [2.05, 4.69) is 10.3 Å². The molecule has 0 unspecified atom stereocenters. The summed E-state index contributed by atoms with van der Waals surface area (Å²) in [6, 6.07) is 12.5. The monoisotopic (exact) mass is 332 g/mol. The van der Waals surface area contributed by atoms with Crippen molar-refractivity contribution in [3.05, 3.63) is 60.4 Å². The average Bonchev–Trinajstić information content (AvgIpc) is 2.59. The molecule has 0 aliphatic rings. The highest BCUT2D eigenvalue weighted by atomic mass is 32.2. The number of nitrogens with zero attached hydrogens (tertiary/aromatic N) is 1. The van der Waals surface area contributed by atoms with Crippen molar-refractivity contribution in [3.8, 4) is 0 Å². The van der Waals surface area contributed by atoms with Gasteiger partial charge in [-0.1, -0.05) is 24.3 Å². The van der Waals surface area contributed by atoms with E-state index in [4.69, 9.17) is 0 Å². The number of aliphatic carboxylic acids is 1. The molecular formula is C16H16N2O4S. The predicted octanol–water partition coefficient (Wildman–Crippen LogP) is 1.46. The van der Waals surface area contributed by atoms with Gasteiger partial charge in [-0.2, -0.15) is 0 Å². The van der Waals surface area contributed by atoms with E-state index in [9.17, 15) is 18.9 Å². The van der Waals surface area contributed by atoms with Gasteiger partial charge in [0.1, 0.15) is 11.7 Å². The molecule has 2 rings (SSSR count). The normalized spacial score (nSPS) is 13.0. The largest absolute Gasteiger partial charge is 0.480 e. The summed E-state index contributed by atoms with van der Waals surface area (Å²) in [5.41, 5.74) is 0.142. The summed E-state index contributed by atoms with van der Waals surface area (Å²) in [5.74, 6) is -1.59. The minimum Gasteiger partial charge on any atom is -0.480 e. The molecule has 0 aliphatic carbocycles.